The summed E-state index contributed by atoms with van der Waals surface area (Å²) >= 11 is 3.09. The van der Waals surface area contributed by atoms with Crippen LogP contribution >= 0.6 is 23.1 Å². The van der Waals surface area contributed by atoms with Crippen LogP contribution in [0.1, 0.15) is 42.4 Å². The van der Waals surface area contributed by atoms with Crippen molar-refractivity contribution in [1.82, 2.24) is 24.7 Å². The van der Waals surface area contributed by atoms with Crippen LogP contribution in [-0.4, -0.2) is 24.7 Å². The highest BCUT2D eigenvalue weighted by atomic mass is 32.2. The van der Waals surface area contributed by atoms with Gasteiger partial charge in [0, 0.05) is 11.4 Å². The number of nitrogens with zero attached hydrogens (tertiary/aromatic N) is 4. The molecule has 0 saturated carbocycles. The van der Waals surface area contributed by atoms with E-state index >= 15 is 0 Å². The Hall–Kier alpha value is -2.65. The number of thiophene rings is 1. The van der Waals surface area contributed by atoms with Crippen LogP contribution in [0.25, 0.3) is 10.2 Å². The first-order chi connectivity index (χ1) is 15.4. The lowest BCUT2D eigenvalue weighted by Gasteiger charge is -2.12. The van der Waals surface area contributed by atoms with Gasteiger partial charge in [0.15, 0.2) is 11.0 Å². The van der Waals surface area contributed by atoms with Crippen LogP contribution in [0.3, 0.4) is 0 Å². The van der Waals surface area contributed by atoms with E-state index in [9.17, 15) is 4.79 Å². The van der Waals surface area contributed by atoms with Crippen LogP contribution in [0.2, 0.25) is 0 Å². The minimum Gasteiger partial charge on any atom is -0.486 e. The summed E-state index contributed by atoms with van der Waals surface area (Å²) in [4.78, 5) is 22.1. The molecule has 0 fully saturated rings. The monoisotopic (exact) mass is 469 g/mol. The van der Waals surface area contributed by atoms with Gasteiger partial charge in [0.2, 0.25) is 0 Å². The second-order valence-corrected chi connectivity index (χ2v) is 10.2. The average Bonchev–Trinajstić information content (AvgIpc) is 3.29. The van der Waals surface area contributed by atoms with Crippen LogP contribution in [-0.2, 0) is 18.9 Å². The molecule has 0 saturated heterocycles. The highest BCUT2D eigenvalue weighted by molar-refractivity contribution is 7.98. The topological polar surface area (TPSA) is 85.7 Å². The minimum atomic E-state index is -0.0781. The van der Waals surface area contributed by atoms with E-state index in [-0.39, 0.29) is 5.56 Å². The van der Waals surface area contributed by atoms with Crippen molar-refractivity contribution in [3.05, 3.63) is 62.8 Å². The summed E-state index contributed by atoms with van der Waals surface area (Å²) in [7, 11) is 0. The first-order valence-corrected chi connectivity index (χ1v) is 12.4. The van der Waals surface area contributed by atoms with Crippen LogP contribution in [0.4, 0.5) is 0 Å². The molecule has 32 heavy (non-hydrogen) atoms. The number of hydrogen-bond acceptors (Lipinski definition) is 7. The lowest BCUT2D eigenvalue weighted by atomic mass is 10.1. The second-order valence-electron chi connectivity index (χ2n) is 8.10. The van der Waals surface area contributed by atoms with Gasteiger partial charge in [0.1, 0.15) is 23.0 Å². The van der Waals surface area contributed by atoms with Gasteiger partial charge in [0.05, 0.1) is 11.1 Å². The Morgan fingerprint density at radius 1 is 1.19 bits per heavy atom. The molecule has 4 aromatic rings. The highest BCUT2D eigenvalue weighted by Gasteiger charge is 2.16. The van der Waals surface area contributed by atoms with Crippen molar-refractivity contribution in [2.24, 2.45) is 5.92 Å². The van der Waals surface area contributed by atoms with Gasteiger partial charge in [-0.2, -0.15) is 0 Å². The molecule has 0 bridgehead atoms. The molecule has 1 aromatic carbocycles. The molecule has 3 aromatic heterocycles. The molecular formula is C23H27N5O2S2. The number of aryl methyl sites for hydroxylation is 2. The molecule has 0 aliphatic carbocycles. The number of nitrogens with one attached hydrogen (secondary N) is 1. The fraction of sp³-hybridized carbons (Fsp3) is 0.391. The summed E-state index contributed by atoms with van der Waals surface area (Å²) in [6.07, 6.45) is 1.01. The van der Waals surface area contributed by atoms with Crippen LogP contribution in [0.15, 0.2) is 40.3 Å². The summed E-state index contributed by atoms with van der Waals surface area (Å²) < 4.78 is 8.02. The van der Waals surface area contributed by atoms with E-state index in [0.29, 0.717) is 29.5 Å². The molecule has 9 heteroatoms. The van der Waals surface area contributed by atoms with E-state index in [1.165, 1.54) is 11.8 Å². The lowest BCUT2D eigenvalue weighted by Crippen LogP contribution is -2.12. The third-order valence-corrected chi connectivity index (χ3v) is 7.34. The van der Waals surface area contributed by atoms with Crippen LogP contribution < -0.4 is 10.3 Å². The summed E-state index contributed by atoms with van der Waals surface area (Å²) in [5.74, 6) is 3.31. The van der Waals surface area contributed by atoms with Crippen molar-refractivity contribution >= 4 is 33.3 Å². The Morgan fingerprint density at radius 2 is 1.97 bits per heavy atom. The smallest absolute Gasteiger partial charge is 0.259 e. The summed E-state index contributed by atoms with van der Waals surface area (Å²) in [5.41, 5.74) is 0.931. The predicted octanol–water partition coefficient (Wildman–Crippen LogP) is 5.11. The fourth-order valence-corrected chi connectivity index (χ4v) is 5.21. The normalized spacial score (nSPS) is 11.5. The molecule has 7 nitrogen and oxygen atoms in total. The Labute approximate surface area is 195 Å². The number of aromatic nitrogens is 5. The molecule has 0 spiro atoms. The van der Waals surface area contributed by atoms with Crippen molar-refractivity contribution < 1.29 is 4.74 Å². The van der Waals surface area contributed by atoms with Gasteiger partial charge >= 0.3 is 0 Å². The zero-order valence-electron chi connectivity index (χ0n) is 18.7. The third-order valence-electron chi connectivity index (χ3n) is 5.26. The van der Waals surface area contributed by atoms with E-state index in [0.717, 1.165) is 45.0 Å². The Balaban J connectivity index is 1.52. The van der Waals surface area contributed by atoms with E-state index in [1.54, 1.807) is 11.3 Å². The van der Waals surface area contributed by atoms with Gasteiger partial charge < -0.3 is 14.3 Å². The van der Waals surface area contributed by atoms with Gasteiger partial charge in [-0.05, 0) is 43.9 Å². The maximum atomic E-state index is 12.6. The molecule has 168 valence electrons. The summed E-state index contributed by atoms with van der Waals surface area (Å²) in [5, 5.41) is 10.3. The van der Waals surface area contributed by atoms with Crippen molar-refractivity contribution in [1.29, 1.82) is 0 Å². The van der Waals surface area contributed by atoms with Crippen molar-refractivity contribution in [2.75, 3.05) is 0 Å². The zero-order valence-corrected chi connectivity index (χ0v) is 20.3. The van der Waals surface area contributed by atoms with E-state index in [1.807, 2.05) is 44.2 Å². The second kappa shape index (κ2) is 9.87. The van der Waals surface area contributed by atoms with Crippen molar-refractivity contribution in [3.63, 3.8) is 0 Å². The van der Waals surface area contributed by atoms with Crippen molar-refractivity contribution in [3.8, 4) is 5.75 Å². The highest BCUT2D eigenvalue weighted by Crippen LogP contribution is 2.27. The molecule has 0 unspecified atom stereocenters. The van der Waals surface area contributed by atoms with Crippen LogP contribution in [0.5, 0.6) is 5.75 Å². The number of aromatic amines is 1. The molecule has 1 N–H and O–H groups in total. The van der Waals surface area contributed by atoms with E-state index in [4.69, 9.17) is 4.74 Å². The third kappa shape index (κ3) is 5.05. The first-order valence-electron chi connectivity index (χ1n) is 10.6. The number of ether oxygens (including phenoxy) is 1. The Kier molecular flexibility index (Phi) is 6.95. The maximum Gasteiger partial charge on any atom is 0.259 e. The molecule has 0 aliphatic heterocycles. The Bertz CT molecular complexity index is 1260. The zero-order chi connectivity index (χ0) is 22.7. The summed E-state index contributed by atoms with van der Waals surface area (Å²) in [6.45, 7) is 9.55. The van der Waals surface area contributed by atoms with Gasteiger partial charge in [-0.25, -0.2) is 4.98 Å². The molecule has 0 aliphatic rings. The molecule has 0 radical (unpaired) electrons. The molecule has 0 atom stereocenters. The number of hydrogen-bond donors (Lipinski definition) is 1. The number of H-pyrrole nitrogens is 1. The molecule has 0 amide bonds. The largest absolute Gasteiger partial charge is 0.486 e. The number of fused-ring (bicyclic) bond motifs is 1. The number of rotatable bonds is 9. The molecular weight excluding hydrogens is 442 g/mol. The quantitative estimate of drug-likeness (QED) is 0.343. The van der Waals surface area contributed by atoms with Gasteiger partial charge in [-0.3, -0.25) is 4.79 Å². The Morgan fingerprint density at radius 3 is 2.72 bits per heavy atom. The van der Waals surface area contributed by atoms with Gasteiger partial charge in [0.25, 0.3) is 5.56 Å². The number of thioether (sulfide) groups is 1. The first kappa shape index (κ1) is 22.5. The number of benzene rings is 1. The average molecular weight is 470 g/mol. The minimum absolute atomic E-state index is 0.0781. The SMILES string of the molecule is Cc1sc2nc(CSc3nnc(COc4ccccc4)n3CCC(C)C)[nH]c(=O)c2c1C. The van der Waals surface area contributed by atoms with Gasteiger partial charge in [-0.15, -0.1) is 21.5 Å². The maximum absolute atomic E-state index is 12.6. The molecule has 4 rings (SSSR count). The van der Waals surface area contributed by atoms with E-state index < -0.39 is 0 Å². The molecule has 3 heterocycles. The van der Waals surface area contributed by atoms with Gasteiger partial charge in [-0.1, -0.05) is 43.8 Å². The lowest BCUT2D eigenvalue weighted by molar-refractivity contribution is 0.285. The number of para-hydroxylation sites is 1. The standard InChI is InChI=1S/C23H27N5O2S2/c1-14(2)10-11-28-19(12-30-17-8-6-5-7-9-17)26-27-23(28)31-13-18-24-21(29)20-15(3)16(4)32-22(20)25-18/h5-9,14H,10-13H2,1-4H3,(H,24,25,29). The van der Waals surface area contributed by atoms with E-state index in [2.05, 4.69) is 38.6 Å². The predicted molar refractivity (Wildman–Crippen MR) is 130 cm³/mol. The summed E-state index contributed by atoms with van der Waals surface area (Å²) in [6, 6.07) is 9.71. The van der Waals surface area contributed by atoms with Crippen LogP contribution in [0, 0.1) is 19.8 Å². The fourth-order valence-electron chi connectivity index (χ4n) is 3.31. The van der Waals surface area contributed by atoms with Crippen molar-refractivity contribution in [2.45, 2.75) is 58.2 Å².